The van der Waals surface area contributed by atoms with Gasteiger partial charge in [-0.05, 0) is 31.1 Å². The average molecular weight is 182 g/mol. The molecule has 12 heavy (non-hydrogen) atoms. The first-order valence-electron chi connectivity index (χ1n) is 3.90. The Morgan fingerprint density at radius 1 is 1.50 bits per heavy atom. The molecular weight excluding hydrogens is 170 g/mol. The molecule has 1 aromatic rings. The largest absolute Gasteiger partial charge is 0.256 e. The van der Waals surface area contributed by atoms with Gasteiger partial charge in [-0.25, -0.2) is 0 Å². The average Bonchev–Trinajstić information content (AvgIpc) is 2.03. The molecule has 0 aliphatic carbocycles. The predicted octanol–water partition coefficient (Wildman–Crippen LogP) is 2.95. The van der Waals surface area contributed by atoms with E-state index in [9.17, 15) is 0 Å². The van der Waals surface area contributed by atoms with Crippen LogP contribution in [0.3, 0.4) is 0 Å². The Kier molecular flexibility index (Phi) is 3.30. The van der Waals surface area contributed by atoms with Crippen molar-refractivity contribution in [1.29, 1.82) is 0 Å². The fraction of sp³-hybridized carbons (Fsp3) is 0.300. The molecule has 0 aromatic carbocycles. The van der Waals surface area contributed by atoms with Crippen molar-refractivity contribution < 1.29 is 0 Å². The maximum absolute atomic E-state index is 5.52. The van der Waals surface area contributed by atoms with Crippen LogP contribution in [0.4, 0.5) is 0 Å². The van der Waals surface area contributed by atoms with Crippen molar-refractivity contribution >= 4 is 17.7 Å². The number of pyridine rings is 1. The number of allylic oxidation sites excluding steroid dienone is 1. The van der Waals surface area contributed by atoms with E-state index in [0.29, 0.717) is 5.88 Å². The van der Waals surface area contributed by atoms with Gasteiger partial charge in [-0.2, -0.15) is 0 Å². The van der Waals surface area contributed by atoms with Crippen molar-refractivity contribution in [2.24, 2.45) is 0 Å². The molecule has 1 heterocycles. The minimum absolute atomic E-state index is 0.537. The maximum Gasteiger partial charge on any atom is 0.0656 e. The number of nitrogens with zero attached hydrogens (tertiary/aromatic N) is 1. The Hall–Kier alpha value is -0.820. The van der Waals surface area contributed by atoms with E-state index in [1.54, 1.807) is 0 Å². The van der Waals surface area contributed by atoms with E-state index in [1.165, 1.54) is 11.1 Å². The Labute approximate surface area is 78.1 Å². The summed E-state index contributed by atoms with van der Waals surface area (Å²) in [6.07, 6.45) is 5.70. The standard InChI is InChI=1S/C10H12ClN/c1-8-6-9(2)10(12-7-8)4-3-5-11/h3-4,6-7H,5H2,1-2H3. The molecule has 1 aromatic heterocycles. The van der Waals surface area contributed by atoms with Gasteiger partial charge in [0.2, 0.25) is 0 Å². The van der Waals surface area contributed by atoms with Crippen molar-refractivity contribution in [3.8, 4) is 0 Å². The Morgan fingerprint density at radius 3 is 2.83 bits per heavy atom. The molecule has 0 atom stereocenters. The Balaban J connectivity index is 2.94. The van der Waals surface area contributed by atoms with Gasteiger partial charge < -0.3 is 0 Å². The van der Waals surface area contributed by atoms with Crippen molar-refractivity contribution in [1.82, 2.24) is 4.98 Å². The SMILES string of the molecule is Cc1cnc(C=CCCl)c(C)c1. The number of hydrogen-bond acceptors (Lipinski definition) is 1. The van der Waals surface area contributed by atoms with Gasteiger partial charge in [0.25, 0.3) is 0 Å². The molecular formula is C10H12ClN. The van der Waals surface area contributed by atoms with Crippen LogP contribution in [0.25, 0.3) is 6.08 Å². The summed E-state index contributed by atoms with van der Waals surface area (Å²) < 4.78 is 0. The second-order valence-corrected chi connectivity index (χ2v) is 3.08. The van der Waals surface area contributed by atoms with Crippen LogP contribution in [-0.2, 0) is 0 Å². The quantitative estimate of drug-likeness (QED) is 0.640. The summed E-state index contributed by atoms with van der Waals surface area (Å²) in [5.74, 6) is 0.537. The van der Waals surface area contributed by atoms with Gasteiger partial charge in [-0.15, -0.1) is 11.6 Å². The molecule has 1 nitrogen and oxygen atoms in total. The molecule has 0 unspecified atom stereocenters. The van der Waals surface area contributed by atoms with Gasteiger partial charge in [0.15, 0.2) is 0 Å². The van der Waals surface area contributed by atoms with Gasteiger partial charge in [0.1, 0.15) is 0 Å². The molecule has 64 valence electrons. The summed E-state index contributed by atoms with van der Waals surface area (Å²) in [5.41, 5.74) is 3.38. The minimum atomic E-state index is 0.537. The number of aryl methyl sites for hydroxylation is 2. The first-order valence-corrected chi connectivity index (χ1v) is 4.43. The van der Waals surface area contributed by atoms with Gasteiger partial charge in [0.05, 0.1) is 5.69 Å². The third-order valence-corrected chi connectivity index (χ3v) is 1.80. The minimum Gasteiger partial charge on any atom is -0.256 e. The van der Waals surface area contributed by atoms with Crippen LogP contribution in [0.1, 0.15) is 16.8 Å². The van der Waals surface area contributed by atoms with Crippen LogP contribution in [0.2, 0.25) is 0 Å². The summed E-state index contributed by atoms with van der Waals surface area (Å²) in [6.45, 7) is 4.09. The molecule has 1 rings (SSSR count). The number of alkyl halides is 1. The lowest BCUT2D eigenvalue weighted by Crippen LogP contribution is -1.87. The zero-order chi connectivity index (χ0) is 8.97. The summed E-state index contributed by atoms with van der Waals surface area (Å²) in [4.78, 5) is 4.27. The molecule has 0 spiro atoms. The van der Waals surface area contributed by atoms with Gasteiger partial charge in [-0.3, -0.25) is 4.98 Å². The maximum atomic E-state index is 5.52. The third kappa shape index (κ3) is 2.35. The van der Waals surface area contributed by atoms with E-state index >= 15 is 0 Å². The number of rotatable bonds is 2. The monoisotopic (exact) mass is 181 g/mol. The lowest BCUT2D eigenvalue weighted by Gasteiger charge is -1.99. The van der Waals surface area contributed by atoms with Crippen LogP contribution >= 0.6 is 11.6 Å². The van der Waals surface area contributed by atoms with Crippen molar-refractivity contribution in [2.75, 3.05) is 5.88 Å². The highest BCUT2D eigenvalue weighted by Crippen LogP contribution is 2.08. The molecule has 0 saturated carbocycles. The second-order valence-electron chi connectivity index (χ2n) is 2.77. The van der Waals surface area contributed by atoms with E-state index in [-0.39, 0.29) is 0 Å². The summed E-state index contributed by atoms with van der Waals surface area (Å²) in [5, 5.41) is 0. The first kappa shape index (κ1) is 9.27. The van der Waals surface area contributed by atoms with Gasteiger partial charge in [-0.1, -0.05) is 12.1 Å². The normalized spacial score (nSPS) is 10.9. The van der Waals surface area contributed by atoms with Crippen LogP contribution in [0, 0.1) is 13.8 Å². The van der Waals surface area contributed by atoms with E-state index < -0.39 is 0 Å². The highest BCUT2D eigenvalue weighted by Gasteiger charge is 1.94. The van der Waals surface area contributed by atoms with E-state index in [2.05, 4.69) is 11.1 Å². The highest BCUT2D eigenvalue weighted by molar-refractivity contribution is 6.19. The molecule has 0 aliphatic rings. The van der Waals surface area contributed by atoms with Crippen molar-refractivity contribution in [3.63, 3.8) is 0 Å². The molecule has 0 saturated heterocycles. The fourth-order valence-corrected chi connectivity index (χ4v) is 1.15. The molecule has 0 aliphatic heterocycles. The van der Waals surface area contributed by atoms with Crippen LogP contribution in [-0.4, -0.2) is 10.9 Å². The number of halogens is 1. The van der Waals surface area contributed by atoms with Crippen molar-refractivity contribution in [2.45, 2.75) is 13.8 Å². The Bertz CT molecular complexity index is 292. The number of hydrogen-bond donors (Lipinski definition) is 0. The van der Waals surface area contributed by atoms with Crippen LogP contribution in [0.15, 0.2) is 18.3 Å². The van der Waals surface area contributed by atoms with E-state index in [4.69, 9.17) is 11.6 Å². The zero-order valence-corrected chi connectivity index (χ0v) is 8.10. The molecule has 0 N–H and O–H groups in total. The lowest BCUT2D eigenvalue weighted by molar-refractivity contribution is 1.19. The summed E-state index contributed by atoms with van der Waals surface area (Å²) in [6, 6.07) is 2.11. The van der Waals surface area contributed by atoms with Gasteiger partial charge >= 0.3 is 0 Å². The Morgan fingerprint density at radius 2 is 2.25 bits per heavy atom. The first-order chi connectivity index (χ1) is 5.74. The van der Waals surface area contributed by atoms with Crippen LogP contribution < -0.4 is 0 Å². The van der Waals surface area contributed by atoms with E-state index in [1.807, 2.05) is 32.2 Å². The molecule has 0 fully saturated rings. The third-order valence-electron chi connectivity index (χ3n) is 1.62. The zero-order valence-electron chi connectivity index (χ0n) is 7.34. The topological polar surface area (TPSA) is 12.9 Å². The summed E-state index contributed by atoms with van der Waals surface area (Å²) >= 11 is 5.52. The molecule has 2 heteroatoms. The second kappa shape index (κ2) is 4.27. The summed E-state index contributed by atoms with van der Waals surface area (Å²) in [7, 11) is 0. The number of aromatic nitrogens is 1. The smallest absolute Gasteiger partial charge is 0.0656 e. The van der Waals surface area contributed by atoms with Crippen LogP contribution in [0.5, 0.6) is 0 Å². The van der Waals surface area contributed by atoms with Gasteiger partial charge in [0, 0.05) is 12.1 Å². The fourth-order valence-electron chi connectivity index (χ4n) is 1.06. The van der Waals surface area contributed by atoms with E-state index in [0.717, 1.165) is 5.69 Å². The van der Waals surface area contributed by atoms with Crippen molar-refractivity contribution in [3.05, 3.63) is 35.2 Å². The molecule has 0 amide bonds. The molecule has 0 radical (unpaired) electrons. The molecule has 0 bridgehead atoms. The highest BCUT2D eigenvalue weighted by atomic mass is 35.5. The predicted molar refractivity (Wildman–Crippen MR) is 53.5 cm³/mol. The lowest BCUT2D eigenvalue weighted by atomic mass is 10.1.